The largest absolute Gasteiger partial charge is 0.379 e. The minimum absolute atomic E-state index is 0.105. The van der Waals surface area contributed by atoms with Gasteiger partial charge >= 0.3 is 0 Å². The molecule has 0 atom stereocenters. The minimum atomic E-state index is -3.46. The number of carbonyl (C=O) groups is 1. The number of amides is 1. The summed E-state index contributed by atoms with van der Waals surface area (Å²) in [5.41, 5.74) is 4.79. The molecular weight excluding hydrogens is 464 g/mol. The van der Waals surface area contributed by atoms with E-state index in [2.05, 4.69) is 10.3 Å². The molecular formula is C26H26N4O4S. The summed E-state index contributed by atoms with van der Waals surface area (Å²) in [6.45, 7) is 1.79. The molecule has 1 aliphatic rings. The number of sulfonamides is 1. The fraction of sp³-hybridized carbons (Fsp3) is 0.231. The van der Waals surface area contributed by atoms with Crippen molar-refractivity contribution < 1.29 is 17.9 Å². The molecule has 1 N–H and O–H groups in total. The van der Waals surface area contributed by atoms with Crippen molar-refractivity contribution in [3.63, 3.8) is 0 Å². The molecule has 1 amide bonds. The maximum absolute atomic E-state index is 12.9. The van der Waals surface area contributed by atoms with Gasteiger partial charge in [0.25, 0.3) is 5.91 Å². The topological polar surface area (TPSA) is 93.5 Å². The molecule has 4 aromatic rings. The van der Waals surface area contributed by atoms with Crippen molar-refractivity contribution in [1.82, 2.24) is 19.2 Å². The van der Waals surface area contributed by atoms with Crippen LogP contribution in [-0.4, -0.2) is 54.5 Å². The molecule has 1 aromatic heterocycles. The van der Waals surface area contributed by atoms with Gasteiger partial charge in [-0.05, 0) is 47.5 Å². The van der Waals surface area contributed by atoms with Crippen molar-refractivity contribution >= 4 is 27.0 Å². The van der Waals surface area contributed by atoms with E-state index in [1.807, 2.05) is 59.2 Å². The Morgan fingerprint density at radius 1 is 0.914 bits per heavy atom. The number of hydrogen-bond acceptors (Lipinski definition) is 5. The van der Waals surface area contributed by atoms with Gasteiger partial charge in [0.2, 0.25) is 10.0 Å². The summed E-state index contributed by atoms with van der Waals surface area (Å²) in [7, 11) is -3.46. The second kappa shape index (κ2) is 9.99. The molecule has 9 heteroatoms. The molecule has 0 unspecified atom stereocenters. The van der Waals surface area contributed by atoms with E-state index in [1.165, 1.54) is 4.31 Å². The highest BCUT2D eigenvalue weighted by Gasteiger charge is 2.25. The second-order valence-corrected chi connectivity index (χ2v) is 10.3. The summed E-state index contributed by atoms with van der Waals surface area (Å²) in [5, 5.41) is 2.92. The van der Waals surface area contributed by atoms with Crippen molar-refractivity contribution in [2.24, 2.45) is 0 Å². The minimum Gasteiger partial charge on any atom is -0.379 e. The number of morpholine rings is 1. The van der Waals surface area contributed by atoms with Crippen LogP contribution < -0.4 is 5.32 Å². The van der Waals surface area contributed by atoms with Gasteiger partial charge in [0.15, 0.2) is 0 Å². The van der Waals surface area contributed by atoms with E-state index in [9.17, 15) is 13.2 Å². The number of aromatic nitrogens is 2. The van der Waals surface area contributed by atoms with E-state index in [4.69, 9.17) is 4.74 Å². The summed E-state index contributed by atoms with van der Waals surface area (Å²) in [6, 6.07) is 22.5. The van der Waals surface area contributed by atoms with Gasteiger partial charge in [-0.1, -0.05) is 36.4 Å². The van der Waals surface area contributed by atoms with Crippen molar-refractivity contribution in [2.45, 2.75) is 12.3 Å². The van der Waals surface area contributed by atoms with Crippen LogP contribution in [0.25, 0.3) is 16.7 Å². The number of imidazole rings is 1. The van der Waals surface area contributed by atoms with Crippen LogP contribution in [0.5, 0.6) is 0 Å². The van der Waals surface area contributed by atoms with Gasteiger partial charge in [-0.25, -0.2) is 13.4 Å². The predicted molar refractivity (Wildman–Crippen MR) is 134 cm³/mol. The van der Waals surface area contributed by atoms with Gasteiger partial charge in [-0.3, -0.25) is 9.36 Å². The monoisotopic (exact) mass is 490 g/mol. The van der Waals surface area contributed by atoms with Gasteiger partial charge in [0.1, 0.15) is 6.33 Å². The highest BCUT2D eigenvalue weighted by atomic mass is 32.2. The van der Waals surface area contributed by atoms with E-state index in [0.717, 1.165) is 22.3 Å². The van der Waals surface area contributed by atoms with E-state index >= 15 is 0 Å². The lowest BCUT2D eigenvalue weighted by atomic mass is 10.1. The van der Waals surface area contributed by atoms with Crippen molar-refractivity contribution in [3.8, 4) is 5.69 Å². The van der Waals surface area contributed by atoms with E-state index in [1.54, 1.807) is 24.5 Å². The first-order chi connectivity index (χ1) is 17.0. The molecule has 0 radical (unpaired) electrons. The molecule has 0 bridgehead atoms. The Hall–Kier alpha value is -3.53. The molecule has 35 heavy (non-hydrogen) atoms. The molecule has 1 saturated heterocycles. The Bertz CT molecular complexity index is 1440. The zero-order valence-corrected chi connectivity index (χ0v) is 19.9. The van der Waals surface area contributed by atoms with E-state index in [0.29, 0.717) is 37.4 Å². The van der Waals surface area contributed by atoms with Crippen molar-refractivity contribution in [3.05, 3.63) is 95.8 Å². The highest BCUT2D eigenvalue weighted by Crippen LogP contribution is 2.19. The van der Waals surface area contributed by atoms with Crippen LogP contribution in [0.1, 0.15) is 21.5 Å². The van der Waals surface area contributed by atoms with Crippen LogP contribution >= 0.6 is 0 Å². The van der Waals surface area contributed by atoms with Crippen LogP contribution in [-0.2, 0) is 27.1 Å². The smallest absolute Gasteiger partial charge is 0.251 e. The third kappa shape index (κ3) is 5.12. The van der Waals surface area contributed by atoms with Gasteiger partial charge in [0, 0.05) is 30.9 Å². The first-order valence-electron chi connectivity index (χ1n) is 11.4. The number of benzene rings is 3. The zero-order chi connectivity index (χ0) is 24.3. The Morgan fingerprint density at radius 2 is 1.60 bits per heavy atom. The highest BCUT2D eigenvalue weighted by molar-refractivity contribution is 7.88. The van der Waals surface area contributed by atoms with Crippen LogP contribution in [0.15, 0.2) is 79.1 Å². The van der Waals surface area contributed by atoms with Gasteiger partial charge in [0.05, 0.1) is 30.0 Å². The number of hydrogen-bond donors (Lipinski definition) is 1. The maximum atomic E-state index is 12.9. The summed E-state index contributed by atoms with van der Waals surface area (Å²) >= 11 is 0. The Balaban J connectivity index is 1.26. The first kappa shape index (κ1) is 23.2. The molecule has 0 saturated carbocycles. The average molecular weight is 491 g/mol. The van der Waals surface area contributed by atoms with Gasteiger partial charge in [-0.2, -0.15) is 4.31 Å². The average Bonchev–Trinajstić information content (AvgIpc) is 3.33. The quantitative estimate of drug-likeness (QED) is 0.430. The molecule has 0 spiro atoms. The number of nitrogens with zero attached hydrogens (tertiary/aromatic N) is 3. The predicted octanol–water partition coefficient (Wildman–Crippen LogP) is 3.12. The molecule has 1 aliphatic heterocycles. The zero-order valence-electron chi connectivity index (χ0n) is 19.1. The SMILES string of the molecule is O=C(NCc1ccccc1CS(=O)(=O)N1CCOCC1)c1ccc(-n2cnc3ccccc32)cc1. The fourth-order valence-electron chi connectivity index (χ4n) is 4.20. The molecule has 0 aliphatic carbocycles. The molecule has 1 fully saturated rings. The second-order valence-electron chi connectivity index (χ2n) is 8.37. The molecule has 8 nitrogen and oxygen atoms in total. The number of rotatable bonds is 7. The maximum Gasteiger partial charge on any atom is 0.251 e. The molecule has 5 rings (SSSR count). The normalized spacial score (nSPS) is 14.7. The lowest BCUT2D eigenvalue weighted by Gasteiger charge is -2.26. The standard InChI is InChI=1S/C26H26N4O4S/c31-26(20-9-11-23(12-10-20)30-19-28-24-7-3-4-8-25(24)30)27-17-21-5-1-2-6-22(21)18-35(32,33)29-13-15-34-16-14-29/h1-12,19H,13-18H2,(H,27,31). The van der Waals surface area contributed by atoms with Crippen LogP contribution in [0.2, 0.25) is 0 Å². The number of para-hydroxylation sites is 2. The number of carbonyl (C=O) groups excluding carboxylic acids is 1. The summed E-state index contributed by atoms with van der Waals surface area (Å²) < 4.78 is 34.4. The van der Waals surface area contributed by atoms with E-state index in [-0.39, 0.29) is 18.2 Å². The number of ether oxygens (including phenoxy) is 1. The lowest BCUT2D eigenvalue weighted by molar-refractivity contribution is 0.0729. The van der Waals surface area contributed by atoms with Crippen molar-refractivity contribution in [1.29, 1.82) is 0 Å². The van der Waals surface area contributed by atoms with Crippen LogP contribution in [0.4, 0.5) is 0 Å². The summed E-state index contributed by atoms with van der Waals surface area (Å²) in [6.07, 6.45) is 1.77. The van der Waals surface area contributed by atoms with Crippen LogP contribution in [0.3, 0.4) is 0 Å². The first-order valence-corrected chi connectivity index (χ1v) is 13.1. The lowest BCUT2D eigenvalue weighted by Crippen LogP contribution is -2.41. The third-order valence-corrected chi connectivity index (χ3v) is 7.95. The fourth-order valence-corrected chi connectivity index (χ4v) is 5.76. The van der Waals surface area contributed by atoms with E-state index < -0.39 is 10.0 Å². The van der Waals surface area contributed by atoms with Gasteiger partial charge in [-0.15, -0.1) is 0 Å². The summed E-state index contributed by atoms with van der Waals surface area (Å²) in [4.78, 5) is 17.2. The Morgan fingerprint density at radius 3 is 2.37 bits per heavy atom. The molecule has 3 aromatic carbocycles. The van der Waals surface area contributed by atoms with Gasteiger partial charge < -0.3 is 10.1 Å². The molecule has 2 heterocycles. The Kier molecular flexibility index (Phi) is 6.63. The van der Waals surface area contributed by atoms with Crippen LogP contribution in [0, 0.1) is 0 Å². The Labute approximate surface area is 204 Å². The third-order valence-electron chi connectivity index (χ3n) is 6.12. The number of fused-ring (bicyclic) bond motifs is 1. The van der Waals surface area contributed by atoms with Crippen molar-refractivity contribution in [2.75, 3.05) is 26.3 Å². The number of nitrogens with one attached hydrogen (secondary N) is 1. The summed E-state index contributed by atoms with van der Waals surface area (Å²) in [5.74, 6) is -0.329. The molecule has 180 valence electrons.